The number of rotatable bonds is 2. The first-order chi connectivity index (χ1) is 7.79. The van der Waals surface area contributed by atoms with Gasteiger partial charge in [0, 0.05) is 5.02 Å². The predicted octanol–water partition coefficient (Wildman–Crippen LogP) is 4.11. The molecule has 2 aromatic carbocycles. The molecule has 2 aromatic rings. The molecule has 0 unspecified atom stereocenters. The highest BCUT2D eigenvalue weighted by atomic mass is 35.5. The third-order valence-corrected chi connectivity index (χ3v) is 2.34. The summed E-state index contributed by atoms with van der Waals surface area (Å²) in [5, 5.41) is 0.678. The maximum Gasteiger partial charge on any atom is 0.143 e. The van der Waals surface area contributed by atoms with Gasteiger partial charge in [0.1, 0.15) is 11.5 Å². The van der Waals surface area contributed by atoms with Gasteiger partial charge < -0.3 is 4.74 Å². The maximum atomic E-state index is 5.79. The largest absolute Gasteiger partial charge is 0.456 e. The summed E-state index contributed by atoms with van der Waals surface area (Å²) in [7, 11) is 0. The Labute approximate surface area is 99.6 Å². The summed E-state index contributed by atoms with van der Waals surface area (Å²) < 4.78 is 5.65. The minimum atomic E-state index is 0.673. The quantitative estimate of drug-likeness (QED) is 0.703. The fourth-order valence-electron chi connectivity index (χ4n) is 1.30. The van der Waals surface area contributed by atoms with Crippen LogP contribution in [0.4, 0.5) is 0 Å². The number of hydrogen-bond acceptors (Lipinski definition) is 1. The van der Waals surface area contributed by atoms with Gasteiger partial charge in [0.05, 0.1) is 5.56 Å². The van der Waals surface area contributed by atoms with Gasteiger partial charge in [0.15, 0.2) is 0 Å². The highest BCUT2D eigenvalue weighted by molar-refractivity contribution is 6.30. The molecule has 0 saturated heterocycles. The fraction of sp³-hybridized carbons (Fsp3) is 0. The third-order valence-electron chi connectivity index (χ3n) is 2.08. The summed E-state index contributed by atoms with van der Waals surface area (Å²) in [5.41, 5.74) is 0.734. The second kappa shape index (κ2) is 4.74. The molecule has 16 heavy (non-hydrogen) atoms. The maximum absolute atomic E-state index is 5.79. The first-order valence-electron chi connectivity index (χ1n) is 4.78. The monoisotopic (exact) mass is 228 g/mol. The lowest BCUT2D eigenvalue weighted by molar-refractivity contribution is 0.481. The Morgan fingerprint density at radius 1 is 1.00 bits per heavy atom. The number of para-hydroxylation sites is 1. The lowest BCUT2D eigenvalue weighted by Crippen LogP contribution is -1.87. The van der Waals surface area contributed by atoms with E-state index in [4.69, 9.17) is 22.8 Å². The summed E-state index contributed by atoms with van der Waals surface area (Å²) in [4.78, 5) is 0. The molecule has 0 N–H and O–H groups in total. The van der Waals surface area contributed by atoms with Crippen molar-refractivity contribution < 1.29 is 4.74 Å². The van der Waals surface area contributed by atoms with Crippen LogP contribution in [0.1, 0.15) is 5.56 Å². The van der Waals surface area contributed by atoms with E-state index < -0.39 is 0 Å². The van der Waals surface area contributed by atoms with Gasteiger partial charge >= 0.3 is 0 Å². The van der Waals surface area contributed by atoms with E-state index in [0.717, 1.165) is 5.56 Å². The molecule has 0 spiro atoms. The smallest absolute Gasteiger partial charge is 0.143 e. The van der Waals surface area contributed by atoms with Crippen LogP contribution in [0.2, 0.25) is 5.02 Å². The summed E-state index contributed by atoms with van der Waals surface area (Å²) in [5.74, 6) is 3.96. The topological polar surface area (TPSA) is 9.23 Å². The van der Waals surface area contributed by atoms with Crippen LogP contribution in [-0.2, 0) is 0 Å². The van der Waals surface area contributed by atoms with E-state index in [0.29, 0.717) is 16.5 Å². The second-order valence-electron chi connectivity index (χ2n) is 3.20. The summed E-state index contributed by atoms with van der Waals surface area (Å²) >= 11 is 5.79. The van der Waals surface area contributed by atoms with E-state index >= 15 is 0 Å². The van der Waals surface area contributed by atoms with Crippen LogP contribution in [0.15, 0.2) is 48.5 Å². The van der Waals surface area contributed by atoms with Gasteiger partial charge in [-0.25, -0.2) is 0 Å². The van der Waals surface area contributed by atoms with E-state index in [1.165, 1.54) is 0 Å². The zero-order chi connectivity index (χ0) is 11.4. The molecule has 0 bridgehead atoms. The Bertz CT molecular complexity index is 523. The van der Waals surface area contributed by atoms with Gasteiger partial charge in [-0.15, -0.1) is 6.42 Å². The first-order valence-corrected chi connectivity index (χ1v) is 5.16. The zero-order valence-corrected chi connectivity index (χ0v) is 9.24. The van der Waals surface area contributed by atoms with Crippen molar-refractivity contribution in [1.29, 1.82) is 0 Å². The standard InChI is InChI=1S/C14H9ClO/c1-2-11-5-3-4-6-14(11)16-13-9-7-12(15)8-10-13/h1,3-10H. The predicted molar refractivity (Wildman–Crippen MR) is 65.9 cm³/mol. The molecular weight excluding hydrogens is 220 g/mol. The minimum absolute atomic E-state index is 0.673. The van der Waals surface area contributed by atoms with E-state index in [-0.39, 0.29) is 0 Å². The summed E-state index contributed by atoms with van der Waals surface area (Å²) in [6.07, 6.45) is 5.38. The van der Waals surface area contributed by atoms with Crippen LogP contribution in [0, 0.1) is 12.3 Å². The second-order valence-corrected chi connectivity index (χ2v) is 3.63. The van der Waals surface area contributed by atoms with Gasteiger partial charge in [0.25, 0.3) is 0 Å². The molecule has 0 aliphatic rings. The van der Waals surface area contributed by atoms with E-state index in [1.807, 2.05) is 24.3 Å². The number of ether oxygens (including phenoxy) is 1. The SMILES string of the molecule is C#Cc1ccccc1Oc1ccc(Cl)cc1. The molecule has 0 atom stereocenters. The summed E-state index contributed by atoms with van der Waals surface area (Å²) in [6, 6.07) is 14.6. The Morgan fingerprint density at radius 3 is 2.38 bits per heavy atom. The van der Waals surface area contributed by atoms with Crippen LogP contribution < -0.4 is 4.74 Å². The van der Waals surface area contributed by atoms with Crippen molar-refractivity contribution in [2.24, 2.45) is 0 Å². The number of benzene rings is 2. The molecule has 2 rings (SSSR count). The molecule has 0 aromatic heterocycles. The highest BCUT2D eigenvalue weighted by Gasteiger charge is 2.01. The molecule has 78 valence electrons. The lowest BCUT2D eigenvalue weighted by atomic mass is 10.2. The molecule has 0 amide bonds. The van der Waals surface area contributed by atoms with Crippen molar-refractivity contribution >= 4 is 11.6 Å². The van der Waals surface area contributed by atoms with Crippen molar-refractivity contribution in [1.82, 2.24) is 0 Å². The van der Waals surface area contributed by atoms with E-state index in [1.54, 1.807) is 24.3 Å². The molecule has 0 heterocycles. The molecule has 0 radical (unpaired) electrons. The third kappa shape index (κ3) is 2.36. The lowest BCUT2D eigenvalue weighted by Gasteiger charge is -2.07. The van der Waals surface area contributed by atoms with E-state index in [2.05, 4.69) is 5.92 Å². The van der Waals surface area contributed by atoms with Crippen LogP contribution >= 0.6 is 11.6 Å². The molecule has 2 heteroatoms. The number of hydrogen-bond donors (Lipinski definition) is 0. The van der Waals surface area contributed by atoms with Gasteiger partial charge in [-0.3, -0.25) is 0 Å². The number of halogens is 1. The van der Waals surface area contributed by atoms with Crippen molar-refractivity contribution in [3.8, 4) is 23.8 Å². The normalized spacial score (nSPS) is 9.50. The van der Waals surface area contributed by atoms with Crippen molar-refractivity contribution in [2.75, 3.05) is 0 Å². The molecule has 0 saturated carbocycles. The Hall–Kier alpha value is -1.91. The highest BCUT2D eigenvalue weighted by Crippen LogP contribution is 2.25. The van der Waals surface area contributed by atoms with Crippen molar-refractivity contribution in [2.45, 2.75) is 0 Å². The fourth-order valence-corrected chi connectivity index (χ4v) is 1.43. The molecule has 1 nitrogen and oxygen atoms in total. The van der Waals surface area contributed by atoms with Crippen LogP contribution in [0.25, 0.3) is 0 Å². The Balaban J connectivity index is 2.27. The van der Waals surface area contributed by atoms with Crippen LogP contribution in [0.5, 0.6) is 11.5 Å². The van der Waals surface area contributed by atoms with Crippen LogP contribution in [0.3, 0.4) is 0 Å². The van der Waals surface area contributed by atoms with Gasteiger partial charge in [-0.1, -0.05) is 29.7 Å². The van der Waals surface area contributed by atoms with Crippen molar-refractivity contribution in [3.63, 3.8) is 0 Å². The Kier molecular flexibility index (Phi) is 3.14. The first kappa shape index (κ1) is 10.6. The Morgan fingerprint density at radius 2 is 1.69 bits per heavy atom. The molecule has 0 fully saturated rings. The zero-order valence-electron chi connectivity index (χ0n) is 8.48. The summed E-state index contributed by atoms with van der Waals surface area (Å²) in [6.45, 7) is 0. The average Bonchev–Trinajstić information content (AvgIpc) is 2.33. The minimum Gasteiger partial charge on any atom is -0.456 e. The van der Waals surface area contributed by atoms with Gasteiger partial charge in [0.2, 0.25) is 0 Å². The molecule has 0 aliphatic carbocycles. The van der Waals surface area contributed by atoms with Crippen molar-refractivity contribution in [3.05, 3.63) is 59.1 Å². The van der Waals surface area contributed by atoms with E-state index in [9.17, 15) is 0 Å². The van der Waals surface area contributed by atoms with Gasteiger partial charge in [-0.2, -0.15) is 0 Å². The van der Waals surface area contributed by atoms with Crippen LogP contribution in [-0.4, -0.2) is 0 Å². The number of terminal acetylenes is 1. The molecule has 0 aliphatic heterocycles. The average molecular weight is 229 g/mol. The van der Waals surface area contributed by atoms with Gasteiger partial charge in [-0.05, 0) is 36.4 Å². The molecular formula is C14H9ClO.